The molecule has 1 aromatic heterocycles. The van der Waals surface area contributed by atoms with Crippen LogP contribution >= 0.6 is 11.3 Å². The summed E-state index contributed by atoms with van der Waals surface area (Å²) in [5.41, 5.74) is 0.741. The molecule has 3 fully saturated rings. The molecule has 3 saturated heterocycles. The van der Waals surface area contributed by atoms with Crippen molar-refractivity contribution in [3.8, 4) is 0 Å². The van der Waals surface area contributed by atoms with Crippen LogP contribution in [0.1, 0.15) is 46.2 Å². The largest absolute Gasteiger partial charge is 0.477 e. The van der Waals surface area contributed by atoms with Crippen LogP contribution in [-0.2, 0) is 0 Å². The Kier molecular flexibility index (Phi) is 3.32. The molecule has 1 aromatic rings. The molecule has 3 aliphatic rings. The smallest absolute Gasteiger partial charge is 0.347 e. The van der Waals surface area contributed by atoms with E-state index in [9.17, 15) is 9.90 Å². The average Bonchev–Trinajstić information content (AvgIpc) is 2.85. The van der Waals surface area contributed by atoms with Crippen molar-refractivity contribution in [2.75, 3.05) is 32.7 Å². The lowest BCUT2D eigenvalue weighted by Crippen LogP contribution is -2.56. The lowest BCUT2D eigenvalue weighted by atomic mass is 10.1. The van der Waals surface area contributed by atoms with Gasteiger partial charge in [0, 0.05) is 32.7 Å². The maximum Gasteiger partial charge on any atom is 0.347 e. The minimum absolute atomic E-state index is 0.159. The summed E-state index contributed by atoms with van der Waals surface area (Å²) < 4.78 is 0. The van der Waals surface area contributed by atoms with E-state index in [1.54, 1.807) is 0 Å². The number of fused-ring (bicyclic) bond motifs is 3. The summed E-state index contributed by atoms with van der Waals surface area (Å²) in [5.74, 6) is -0.684. The summed E-state index contributed by atoms with van der Waals surface area (Å²) >= 11 is 1.36. The van der Waals surface area contributed by atoms with Crippen molar-refractivity contribution in [2.24, 2.45) is 0 Å². The van der Waals surface area contributed by atoms with Gasteiger partial charge in [-0.25, -0.2) is 9.78 Å². The van der Waals surface area contributed by atoms with E-state index >= 15 is 0 Å². The van der Waals surface area contributed by atoms with E-state index in [0.717, 1.165) is 43.4 Å². The molecular weight excluding hydrogens is 262 g/mol. The van der Waals surface area contributed by atoms with Gasteiger partial charge in [-0.3, -0.25) is 9.80 Å². The van der Waals surface area contributed by atoms with E-state index in [4.69, 9.17) is 0 Å². The number of hydrogen-bond donors (Lipinski definition) is 1. The number of carboxylic acids is 1. The van der Waals surface area contributed by atoms with E-state index in [-0.39, 0.29) is 12.0 Å². The molecular formula is C13H19N3O2S. The molecule has 1 N–H and O–H groups in total. The fourth-order valence-corrected chi connectivity index (χ4v) is 4.07. The first-order chi connectivity index (χ1) is 9.06. The lowest BCUT2D eigenvalue weighted by Gasteiger charge is -2.46. The zero-order valence-electron chi connectivity index (χ0n) is 11.3. The predicted molar refractivity (Wildman–Crippen MR) is 73.9 cm³/mol. The summed E-state index contributed by atoms with van der Waals surface area (Å²) in [4.78, 5) is 21.3. The van der Waals surface area contributed by atoms with Crippen molar-refractivity contribution in [3.05, 3.63) is 15.6 Å². The Morgan fingerprint density at radius 1 is 1.37 bits per heavy atom. The third-order valence-corrected chi connectivity index (χ3v) is 5.14. The van der Waals surface area contributed by atoms with Gasteiger partial charge in [0.05, 0.1) is 11.7 Å². The highest BCUT2D eigenvalue weighted by molar-refractivity contribution is 7.13. The molecule has 19 heavy (non-hydrogen) atoms. The normalized spacial score (nSPS) is 29.9. The maximum atomic E-state index is 11.3. The zero-order chi connectivity index (χ0) is 13.6. The molecule has 0 saturated carbocycles. The second kappa shape index (κ2) is 4.85. The Morgan fingerprint density at radius 2 is 2.05 bits per heavy atom. The second-order valence-electron chi connectivity index (χ2n) is 5.58. The molecule has 1 atom stereocenters. The molecule has 3 aliphatic heterocycles. The van der Waals surface area contributed by atoms with Crippen LogP contribution in [-0.4, -0.2) is 58.6 Å². The Labute approximate surface area is 116 Å². The summed E-state index contributed by atoms with van der Waals surface area (Å²) in [6, 6.07) is 0.290. The number of hydrogen-bond acceptors (Lipinski definition) is 5. The molecule has 0 spiro atoms. The highest BCUT2D eigenvalue weighted by atomic mass is 32.1. The van der Waals surface area contributed by atoms with Crippen LogP contribution < -0.4 is 0 Å². The first-order valence-corrected chi connectivity index (χ1v) is 7.58. The second-order valence-corrected chi connectivity index (χ2v) is 6.61. The lowest BCUT2D eigenvalue weighted by molar-refractivity contribution is 0.0122. The third kappa shape index (κ3) is 2.28. The molecule has 0 amide bonds. The standard InChI is InChI=1S/C13H19N3O2S/c1-8(2)10-11(13(17)18)19-12(14-10)9-7-15-3-5-16(9)6-4-15/h8-9H,3-7H2,1-2H3,(H,17,18). The van der Waals surface area contributed by atoms with Crippen molar-refractivity contribution in [1.82, 2.24) is 14.8 Å². The average molecular weight is 281 g/mol. The highest BCUT2D eigenvalue weighted by Crippen LogP contribution is 2.34. The van der Waals surface area contributed by atoms with Crippen LogP contribution in [0.25, 0.3) is 0 Å². The topological polar surface area (TPSA) is 56.7 Å². The Hall–Kier alpha value is -0.980. The summed E-state index contributed by atoms with van der Waals surface area (Å²) in [5, 5.41) is 10.3. The van der Waals surface area contributed by atoms with Gasteiger partial charge in [0.15, 0.2) is 0 Å². The van der Waals surface area contributed by atoms with Crippen LogP contribution in [0.5, 0.6) is 0 Å². The maximum absolute atomic E-state index is 11.3. The number of thiazole rings is 1. The van der Waals surface area contributed by atoms with E-state index < -0.39 is 5.97 Å². The van der Waals surface area contributed by atoms with Crippen molar-refractivity contribution in [1.29, 1.82) is 0 Å². The van der Waals surface area contributed by atoms with Crippen LogP contribution in [0.3, 0.4) is 0 Å². The van der Waals surface area contributed by atoms with Crippen molar-refractivity contribution >= 4 is 17.3 Å². The van der Waals surface area contributed by atoms with Gasteiger partial charge < -0.3 is 5.11 Å². The van der Waals surface area contributed by atoms with E-state index in [1.807, 2.05) is 13.8 Å². The van der Waals surface area contributed by atoms with Gasteiger partial charge >= 0.3 is 5.97 Å². The van der Waals surface area contributed by atoms with Gasteiger partial charge in [-0.1, -0.05) is 13.8 Å². The fraction of sp³-hybridized carbons (Fsp3) is 0.692. The van der Waals surface area contributed by atoms with Gasteiger partial charge in [-0.2, -0.15) is 0 Å². The summed E-state index contributed by atoms with van der Waals surface area (Å²) in [6.07, 6.45) is 0. The Bertz CT molecular complexity index is 492. The molecule has 2 bridgehead atoms. The van der Waals surface area contributed by atoms with Gasteiger partial charge in [0.2, 0.25) is 0 Å². The van der Waals surface area contributed by atoms with Crippen LogP contribution in [0.4, 0.5) is 0 Å². The minimum Gasteiger partial charge on any atom is -0.477 e. The minimum atomic E-state index is -0.844. The number of carboxylic acid groups (broad SMARTS) is 1. The van der Waals surface area contributed by atoms with Crippen LogP contribution in [0.2, 0.25) is 0 Å². The van der Waals surface area contributed by atoms with Gasteiger partial charge in [0.1, 0.15) is 9.88 Å². The number of aromatic carboxylic acids is 1. The number of aromatic nitrogens is 1. The van der Waals surface area contributed by atoms with Crippen molar-refractivity contribution in [3.63, 3.8) is 0 Å². The highest BCUT2D eigenvalue weighted by Gasteiger charge is 2.35. The molecule has 1 unspecified atom stereocenters. The summed E-state index contributed by atoms with van der Waals surface area (Å²) in [7, 11) is 0. The predicted octanol–water partition coefficient (Wildman–Crippen LogP) is 1.64. The number of piperazine rings is 3. The molecule has 4 rings (SSSR count). The molecule has 5 nitrogen and oxygen atoms in total. The zero-order valence-corrected chi connectivity index (χ0v) is 12.1. The van der Waals surface area contributed by atoms with Crippen molar-refractivity contribution in [2.45, 2.75) is 25.8 Å². The molecule has 0 radical (unpaired) electrons. The van der Waals surface area contributed by atoms with Crippen molar-refractivity contribution < 1.29 is 9.90 Å². The van der Waals surface area contributed by atoms with Gasteiger partial charge in [0.25, 0.3) is 0 Å². The molecule has 4 heterocycles. The van der Waals surface area contributed by atoms with E-state index in [2.05, 4.69) is 14.8 Å². The van der Waals surface area contributed by atoms with Gasteiger partial charge in [-0.05, 0) is 5.92 Å². The molecule has 0 aliphatic carbocycles. The fourth-order valence-electron chi connectivity index (χ4n) is 2.89. The molecule has 6 heteroatoms. The van der Waals surface area contributed by atoms with E-state index in [0.29, 0.717) is 4.88 Å². The number of nitrogens with zero attached hydrogens (tertiary/aromatic N) is 3. The third-order valence-electron chi connectivity index (χ3n) is 3.97. The quantitative estimate of drug-likeness (QED) is 0.912. The SMILES string of the molecule is CC(C)c1nc(C2CN3CCN2CC3)sc1C(=O)O. The summed E-state index contributed by atoms with van der Waals surface area (Å²) in [6.45, 7) is 9.40. The van der Waals surface area contributed by atoms with Gasteiger partial charge in [-0.15, -0.1) is 11.3 Å². The first kappa shape index (κ1) is 13.0. The van der Waals surface area contributed by atoms with Crippen LogP contribution in [0.15, 0.2) is 0 Å². The van der Waals surface area contributed by atoms with E-state index in [1.165, 1.54) is 11.3 Å². The Morgan fingerprint density at radius 3 is 2.47 bits per heavy atom. The molecule has 0 aromatic carbocycles. The Balaban J connectivity index is 1.93. The monoisotopic (exact) mass is 281 g/mol. The molecule has 104 valence electrons. The number of carbonyl (C=O) groups is 1. The number of rotatable bonds is 3. The first-order valence-electron chi connectivity index (χ1n) is 6.76. The van der Waals surface area contributed by atoms with Crippen LogP contribution in [0, 0.1) is 0 Å².